The summed E-state index contributed by atoms with van der Waals surface area (Å²) in [5.41, 5.74) is 2.26. The Bertz CT molecular complexity index is 458. The molecule has 0 radical (unpaired) electrons. The lowest BCUT2D eigenvalue weighted by molar-refractivity contribution is 0.0240. The van der Waals surface area contributed by atoms with Gasteiger partial charge < -0.3 is 19.5 Å². The lowest BCUT2D eigenvalue weighted by Crippen LogP contribution is -2.34. The van der Waals surface area contributed by atoms with Crippen LogP contribution in [0.25, 0.3) is 0 Å². The molecule has 2 aliphatic rings. The predicted molar refractivity (Wildman–Crippen MR) is 71.4 cm³/mol. The van der Waals surface area contributed by atoms with E-state index in [1.165, 1.54) is 0 Å². The van der Waals surface area contributed by atoms with Crippen molar-refractivity contribution in [2.24, 2.45) is 0 Å². The molecule has 0 aromatic heterocycles. The average molecular weight is 314 g/mol. The monoisotopic (exact) mass is 313 g/mol. The van der Waals surface area contributed by atoms with E-state index in [9.17, 15) is 0 Å². The zero-order valence-electron chi connectivity index (χ0n) is 10.3. The number of hydrogen-bond acceptors (Lipinski definition) is 4. The molecular weight excluding hydrogens is 298 g/mol. The molecule has 0 amide bonds. The molecule has 0 spiro atoms. The van der Waals surface area contributed by atoms with E-state index < -0.39 is 0 Å². The Morgan fingerprint density at radius 2 is 2.11 bits per heavy atom. The topological polar surface area (TPSA) is 39.7 Å². The van der Waals surface area contributed by atoms with Crippen molar-refractivity contribution >= 4 is 15.9 Å². The molecule has 1 N–H and O–H groups in total. The maximum absolute atomic E-state index is 5.85. The van der Waals surface area contributed by atoms with E-state index in [0.29, 0.717) is 13.2 Å². The van der Waals surface area contributed by atoms with E-state index in [4.69, 9.17) is 14.2 Å². The van der Waals surface area contributed by atoms with Crippen molar-refractivity contribution in [2.75, 3.05) is 32.9 Å². The SMILES string of the molecule is Cc1c(Br)cc2c(c1C1CNCCO1)OCCO2. The van der Waals surface area contributed by atoms with Crippen molar-refractivity contribution in [2.45, 2.75) is 13.0 Å². The molecule has 18 heavy (non-hydrogen) atoms. The standard InChI is InChI=1S/C13H16BrNO3/c1-8-9(14)6-10-13(18-5-4-17-10)12(8)11-7-15-2-3-16-11/h6,11,15H,2-5,7H2,1H3. The maximum atomic E-state index is 5.85. The summed E-state index contributed by atoms with van der Waals surface area (Å²) in [6, 6.07) is 1.98. The van der Waals surface area contributed by atoms with Crippen LogP contribution in [-0.4, -0.2) is 32.9 Å². The number of halogens is 1. The fraction of sp³-hybridized carbons (Fsp3) is 0.538. The molecule has 98 valence electrons. The summed E-state index contributed by atoms with van der Waals surface area (Å²) in [4.78, 5) is 0. The third-order valence-electron chi connectivity index (χ3n) is 3.33. The van der Waals surface area contributed by atoms with E-state index in [1.54, 1.807) is 0 Å². The molecule has 1 saturated heterocycles. The average Bonchev–Trinajstić information content (AvgIpc) is 2.41. The summed E-state index contributed by atoms with van der Waals surface area (Å²) in [7, 11) is 0. The van der Waals surface area contributed by atoms with Gasteiger partial charge in [0.2, 0.25) is 0 Å². The van der Waals surface area contributed by atoms with Gasteiger partial charge in [0.1, 0.15) is 13.2 Å². The van der Waals surface area contributed by atoms with Crippen LogP contribution in [0.2, 0.25) is 0 Å². The molecule has 2 aliphatic heterocycles. The van der Waals surface area contributed by atoms with Gasteiger partial charge in [0.05, 0.1) is 12.7 Å². The van der Waals surface area contributed by atoms with E-state index in [1.807, 2.05) is 6.07 Å². The molecule has 1 aromatic rings. The summed E-state index contributed by atoms with van der Waals surface area (Å²) < 4.78 is 18.3. The minimum atomic E-state index is 0.0340. The first kappa shape index (κ1) is 12.3. The third kappa shape index (κ3) is 2.11. The fourth-order valence-corrected chi connectivity index (χ4v) is 2.83. The van der Waals surface area contributed by atoms with Gasteiger partial charge in [-0.1, -0.05) is 15.9 Å². The number of fused-ring (bicyclic) bond motifs is 1. The Morgan fingerprint density at radius 1 is 1.28 bits per heavy atom. The molecule has 1 aromatic carbocycles. The lowest BCUT2D eigenvalue weighted by Gasteiger charge is -2.30. The molecule has 4 nitrogen and oxygen atoms in total. The van der Waals surface area contributed by atoms with Gasteiger partial charge in [0.15, 0.2) is 11.5 Å². The number of hydrogen-bond donors (Lipinski definition) is 1. The molecule has 1 unspecified atom stereocenters. The van der Waals surface area contributed by atoms with E-state index in [-0.39, 0.29) is 6.10 Å². The van der Waals surface area contributed by atoms with Gasteiger partial charge in [-0.2, -0.15) is 0 Å². The van der Waals surface area contributed by atoms with Crippen molar-refractivity contribution < 1.29 is 14.2 Å². The maximum Gasteiger partial charge on any atom is 0.167 e. The van der Waals surface area contributed by atoms with Gasteiger partial charge in [-0.3, -0.25) is 0 Å². The van der Waals surface area contributed by atoms with Crippen molar-refractivity contribution in [3.63, 3.8) is 0 Å². The van der Waals surface area contributed by atoms with Crippen LogP contribution in [0.5, 0.6) is 11.5 Å². The minimum Gasteiger partial charge on any atom is -0.486 e. The number of rotatable bonds is 1. The highest BCUT2D eigenvalue weighted by molar-refractivity contribution is 9.10. The van der Waals surface area contributed by atoms with Gasteiger partial charge in [-0.25, -0.2) is 0 Å². The Kier molecular flexibility index (Phi) is 3.46. The van der Waals surface area contributed by atoms with Crippen LogP contribution in [0.4, 0.5) is 0 Å². The lowest BCUT2D eigenvalue weighted by atomic mass is 10.00. The number of nitrogens with one attached hydrogen (secondary N) is 1. The van der Waals surface area contributed by atoms with Crippen LogP contribution in [0, 0.1) is 6.92 Å². The van der Waals surface area contributed by atoms with Gasteiger partial charge in [-0.15, -0.1) is 0 Å². The van der Waals surface area contributed by atoms with Crippen LogP contribution >= 0.6 is 15.9 Å². The van der Waals surface area contributed by atoms with Crippen LogP contribution in [0.3, 0.4) is 0 Å². The number of benzene rings is 1. The number of morpholine rings is 1. The highest BCUT2D eigenvalue weighted by Crippen LogP contribution is 2.43. The highest BCUT2D eigenvalue weighted by atomic mass is 79.9. The van der Waals surface area contributed by atoms with Gasteiger partial charge in [0.25, 0.3) is 0 Å². The Hall–Kier alpha value is -0.780. The summed E-state index contributed by atoms with van der Waals surface area (Å²) in [5.74, 6) is 1.65. The van der Waals surface area contributed by atoms with Crippen LogP contribution in [-0.2, 0) is 4.74 Å². The van der Waals surface area contributed by atoms with E-state index >= 15 is 0 Å². The third-order valence-corrected chi connectivity index (χ3v) is 4.15. The minimum absolute atomic E-state index is 0.0340. The fourth-order valence-electron chi connectivity index (χ4n) is 2.41. The summed E-state index contributed by atoms with van der Waals surface area (Å²) in [6.07, 6.45) is 0.0340. The van der Waals surface area contributed by atoms with Crippen LogP contribution in [0.15, 0.2) is 10.5 Å². The van der Waals surface area contributed by atoms with Crippen molar-refractivity contribution in [3.05, 3.63) is 21.7 Å². The Balaban J connectivity index is 2.07. The second-order valence-corrected chi connectivity index (χ2v) is 5.34. The molecule has 0 bridgehead atoms. The number of ether oxygens (including phenoxy) is 3. The van der Waals surface area contributed by atoms with Crippen molar-refractivity contribution in [3.8, 4) is 11.5 Å². The first-order chi connectivity index (χ1) is 8.77. The van der Waals surface area contributed by atoms with Crippen molar-refractivity contribution in [1.82, 2.24) is 5.32 Å². The predicted octanol–water partition coefficient (Wildman–Crippen LogP) is 2.19. The van der Waals surface area contributed by atoms with Gasteiger partial charge in [0, 0.05) is 23.1 Å². The van der Waals surface area contributed by atoms with Gasteiger partial charge >= 0.3 is 0 Å². The Morgan fingerprint density at radius 3 is 2.89 bits per heavy atom. The largest absolute Gasteiger partial charge is 0.486 e. The zero-order valence-corrected chi connectivity index (χ0v) is 11.9. The van der Waals surface area contributed by atoms with Gasteiger partial charge in [-0.05, 0) is 18.6 Å². The second kappa shape index (κ2) is 5.07. The molecule has 1 fully saturated rings. The molecule has 5 heteroatoms. The molecule has 0 aliphatic carbocycles. The highest BCUT2D eigenvalue weighted by Gasteiger charge is 2.27. The molecule has 1 atom stereocenters. The van der Waals surface area contributed by atoms with E-state index in [2.05, 4.69) is 28.2 Å². The molecule has 2 heterocycles. The molecule has 3 rings (SSSR count). The second-order valence-electron chi connectivity index (χ2n) is 4.48. The normalized spacial score (nSPS) is 22.9. The van der Waals surface area contributed by atoms with E-state index in [0.717, 1.165) is 46.8 Å². The first-order valence-electron chi connectivity index (χ1n) is 6.18. The quantitative estimate of drug-likeness (QED) is 0.862. The summed E-state index contributed by atoms with van der Waals surface area (Å²) in [6.45, 7) is 5.73. The molecular formula is C13H16BrNO3. The van der Waals surface area contributed by atoms with Crippen LogP contribution in [0.1, 0.15) is 17.2 Å². The molecule has 0 saturated carbocycles. The van der Waals surface area contributed by atoms with Crippen LogP contribution < -0.4 is 14.8 Å². The zero-order chi connectivity index (χ0) is 12.5. The smallest absolute Gasteiger partial charge is 0.167 e. The van der Waals surface area contributed by atoms with Crippen molar-refractivity contribution in [1.29, 1.82) is 0 Å². The Labute approximate surface area is 115 Å². The first-order valence-corrected chi connectivity index (χ1v) is 6.97. The summed E-state index contributed by atoms with van der Waals surface area (Å²) in [5, 5.41) is 3.35. The summed E-state index contributed by atoms with van der Waals surface area (Å²) >= 11 is 3.58.